The molecule has 1 aliphatic rings. The van der Waals surface area contributed by atoms with Crippen LogP contribution in [0.1, 0.15) is 68.8 Å². The number of fused-ring (bicyclic) bond motifs is 1. The van der Waals surface area contributed by atoms with Gasteiger partial charge in [-0.15, -0.1) is 11.3 Å². The van der Waals surface area contributed by atoms with Gasteiger partial charge in [0.25, 0.3) is 0 Å². The van der Waals surface area contributed by atoms with E-state index in [2.05, 4.69) is 33.4 Å². The van der Waals surface area contributed by atoms with Crippen LogP contribution in [0.5, 0.6) is 0 Å². The molecule has 0 fully saturated rings. The number of nitrogens with one attached hydrogen (secondary N) is 1. The zero-order chi connectivity index (χ0) is 27.1. The lowest BCUT2D eigenvalue weighted by atomic mass is 9.83. The number of ether oxygens (including phenoxy) is 2. The second kappa shape index (κ2) is 13.0. The topological polar surface area (TPSA) is 98.8 Å². The molecular formula is C29H28BrNO6S. The van der Waals surface area contributed by atoms with Gasteiger partial charge in [-0.3, -0.25) is 14.4 Å². The maximum atomic E-state index is 12.8. The third-order valence-electron chi connectivity index (χ3n) is 6.36. The molecule has 1 aromatic heterocycles. The Bertz CT molecular complexity index is 1320. The summed E-state index contributed by atoms with van der Waals surface area (Å²) in [4.78, 5) is 50.9. The highest BCUT2D eigenvalue weighted by molar-refractivity contribution is 9.10. The molecule has 7 nitrogen and oxygen atoms in total. The van der Waals surface area contributed by atoms with Gasteiger partial charge in [0.1, 0.15) is 5.00 Å². The van der Waals surface area contributed by atoms with Crippen molar-refractivity contribution in [1.29, 1.82) is 0 Å². The van der Waals surface area contributed by atoms with Crippen molar-refractivity contribution in [3.8, 4) is 0 Å². The van der Waals surface area contributed by atoms with E-state index >= 15 is 0 Å². The highest BCUT2D eigenvalue weighted by Gasteiger charge is 2.31. The number of rotatable bonds is 10. The third kappa shape index (κ3) is 6.96. The maximum absolute atomic E-state index is 12.8. The zero-order valence-electron chi connectivity index (χ0n) is 21.0. The summed E-state index contributed by atoms with van der Waals surface area (Å²) < 4.78 is 11.2. The fourth-order valence-corrected chi connectivity index (χ4v) is 6.04. The summed E-state index contributed by atoms with van der Waals surface area (Å²) in [6, 6.07) is 17.0. The van der Waals surface area contributed by atoms with Crippen LogP contribution in [-0.2, 0) is 31.9 Å². The molecule has 198 valence electrons. The largest absolute Gasteiger partial charge is 0.462 e. The van der Waals surface area contributed by atoms with Gasteiger partial charge in [-0.1, -0.05) is 58.4 Å². The second-order valence-electron chi connectivity index (χ2n) is 8.92. The standard InChI is InChI=1S/C29H28BrNO6S/c1-2-36-29(35)27-22-13-10-20(18-6-4-3-5-7-18)16-24(22)38-28(27)31-25(33)14-15-26(34)37-17-23(32)19-8-11-21(30)12-9-19/h3-9,11-12,20H,2,10,13-17H2,1H3,(H,31,33)/t20-/m1/s1. The molecule has 9 heteroatoms. The van der Waals surface area contributed by atoms with Gasteiger partial charge >= 0.3 is 11.9 Å². The quantitative estimate of drug-likeness (QED) is 0.224. The number of esters is 2. The highest BCUT2D eigenvalue weighted by Crippen LogP contribution is 2.42. The number of carbonyl (C=O) groups is 4. The third-order valence-corrected chi connectivity index (χ3v) is 8.05. The molecule has 1 N–H and O–H groups in total. The van der Waals surface area contributed by atoms with Gasteiger partial charge in [-0.2, -0.15) is 0 Å². The van der Waals surface area contributed by atoms with Crippen molar-refractivity contribution in [3.63, 3.8) is 0 Å². The van der Waals surface area contributed by atoms with Crippen LogP contribution in [0, 0.1) is 0 Å². The first-order valence-electron chi connectivity index (χ1n) is 12.5. The normalized spacial score (nSPS) is 14.3. The van der Waals surface area contributed by atoms with Crippen LogP contribution in [0.3, 0.4) is 0 Å². The summed E-state index contributed by atoms with van der Waals surface area (Å²) in [5, 5.41) is 3.26. The summed E-state index contributed by atoms with van der Waals surface area (Å²) in [6.45, 7) is 1.58. The maximum Gasteiger partial charge on any atom is 0.341 e. The van der Waals surface area contributed by atoms with Gasteiger partial charge in [-0.25, -0.2) is 4.79 Å². The molecule has 1 atom stereocenters. The molecule has 0 aliphatic heterocycles. The van der Waals surface area contributed by atoms with Crippen molar-refractivity contribution in [1.82, 2.24) is 0 Å². The van der Waals surface area contributed by atoms with Gasteiger partial charge in [0, 0.05) is 21.3 Å². The van der Waals surface area contributed by atoms with E-state index in [1.165, 1.54) is 16.9 Å². The first kappa shape index (κ1) is 27.7. The number of amides is 1. The van der Waals surface area contributed by atoms with Gasteiger partial charge in [-0.05, 0) is 55.4 Å². The average molecular weight is 599 g/mol. The van der Waals surface area contributed by atoms with E-state index in [9.17, 15) is 19.2 Å². The Morgan fingerprint density at radius 2 is 1.74 bits per heavy atom. The summed E-state index contributed by atoms with van der Waals surface area (Å²) >= 11 is 4.70. The molecular weight excluding hydrogens is 570 g/mol. The van der Waals surface area contributed by atoms with Crippen LogP contribution in [0.15, 0.2) is 59.1 Å². The van der Waals surface area contributed by atoms with Gasteiger partial charge < -0.3 is 14.8 Å². The van der Waals surface area contributed by atoms with Crippen molar-refractivity contribution in [2.24, 2.45) is 0 Å². The first-order valence-corrected chi connectivity index (χ1v) is 14.1. The molecule has 1 amide bonds. The SMILES string of the molecule is CCOC(=O)c1c(NC(=O)CCC(=O)OCC(=O)c2ccc(Br)cc2)sc2c1CC[C@@H](c1ccccc1)C2. The van der Waals surface area contributed by atoms with E-state index in [0.29, 0.717) is 28.5 Å². The number of hydrogen-bond donors (Lipinski definition) is 1. The van der Waals surface area contributed by atoms with Crippen molar-refractivity contribution >= 4 is 55.9 Å². The number of carbonyl (C=O) groups excluding carboxylic acids is 4. The minimum absolute atomic E-state index is 0.136. The lowest BCUT2D eigenvalue weighted by Crippen LogP contribution is -2.19. The Morgan fingerprint density at radius 3 is 2.45 bits per heavy atom. The Hall–Kier alpha value is -3.30. The Morgan fingerprint density at radius 1 is 1.00 bits per heavy atom. The molecule has 4 rings (SSSR count). The molecule has 2 aromatic carbocycles. The van der Waals surface area contributed by atoms with Gasteiger partial charge in [0.15, 0.2) is 12.4 Å². The van der Waals surface area contributed by atoms with E-state index in [-0.39, 0.29) is 25.2 Å². The Balaban J connectivity index is 1.36. The number of thiophene rings is 1. The van der Waals surface area contributed by atoms with Crippen LogP contribution in [0.2, 0.25) is 0 Å². The number of Topliss-reactive ketones (excluding diaryl/α,β-unsaturated/α-hetero) is 1. The predicted molar refractivity (Wildman–Crippen MR) is 149 cm³/mol. The minimum Gasteiger partial charge on any atom is -0.462 e. The molecule has 0 saturated carbocycles. The molecule has 3 aromatic rings. The molecule has 1 aliphatic carbocycles. The number of ketones is 1. The number of benzene rings is 2. The highest BCUT2D eigenvalue weighted by atomic mass is 79.9. The van der Waals surface area contributed by atoms with E-state index in [4.69, 9.17) is 9.47 Å². The molecule has 0 saturated heterocycles. The van der Waals surface area contributed by atoms with Crippen molar-refractivity contribution in [2.45, 2.75) is 44.9 Å². The Kier molecular flexibility index (Phi) is 9.47. The Labute approximate surface area is 233 Å². The summed E-state index contributed by atoms with van der Waals surface area (Å²) in [6.07, 6.45) is 2.08. The van der Waals surface area contributed by atoms with Crippen LogP contribution in [-0.4, -0.2) is 36.8 Å². The molecule has 0 unspecified atom stereocenters. The van der Waals surface area contributed by atoms with Crippen molar-refractivity contribution in [3.05, 3.63) is 86.2 Å². The minimum atomic E-state index is -0.646. The van der Waals surface area contributed by atoms with Gasteiger partial charge in [0.05, 0.1) is 18.6 Å². The van der Waals surface area contributed by atoms with E-state index < -0.39 is 24.5 Å². The second-order valence-corrected chi connectivity index (χ2v) is 10.9. The van der Waals surface area contributed by atoms with Crippen LogP contribution in [0.25, 0.3) is 0 Å². The summed E-state index contributed by atoms with van der Waals surface area (Å²) in [5.41, 5.74) is 3.03. The van der Waals surface area contributed by atoms with E-state index in [1.54, 1.807) is 31.2 Å². The van der Waals surface area contributed by atoms with Crippen LogP contribution in [0.4, 0.5) is 5.00 Å². The number of anilines is 1. The van der Waals surface area contributed by atoms with E-state index in [0.717, 1.165) is 27.8 Å². The van der Waals surface area contributed by atoms with Crippen molar-refractivity contribution in [2.75, 3.05) is 18.5 Å². The van der Waals surface area contributed by atoms with Crippen LogP contribution >= 0.6 is 27.3 Å². The van der Waals surface area contributed by atoms with Gasteiger partial charge in [0.2, 0.25) is 5.91 Å². The molecule has 0 radical (unpaired) electrons. The monoisotopic (exact) mass is 597 g/mol. The van der Waals surface area contributed by atoms with Crippen LogP contribution < -0.4 is 5.32 Å². The number of halogens is 1. The van der Waals surface area contributed by atoms with Crippen molar-refractivity contribution < 1.29 is 28.7 Å². The number of hydrogen-bond acceptors (Lipinski definition) is 7. The fourth-order valence-electron chi connectivity index (χ4n) is 4.44. The predicted octanol–water partition coefficient (Wildman–Crippen LogP) is 6.10. The molecule has 0 bridgehead atoms. The summed E-state index contributed by atoms with van der Waals surface area (Å²) in [5.74, 6) is -1.50. The average Bonchev–Trinajstić information content (AvgIpc) is 3.28. The molecule has 1 heterocycles. The lowest BCUT2D eigenvalue weighted by Gasteiger charge is -2.23. The zero-order valence-corrected chi connectivity index (χ0v) is 23.4. The lowest BCUT2D eigenvalue weighted by molar-refractivity contribution is -0.143. The molecule has 38 heavy (non-hydrogen) atoms. The summed E-state index contributed by atoms with van der Waals surface area (Å²) in [7, 11) is 0. The first-order chi connectivity index (χ1) is 18.4. The smallest absolute Gasteiger partial charge is 0.341 e. The van der Waals surface area contributed by atoms with E-state index in [1.807, 2.05) is 18.2 Å². The fraction of sp³-hybridized carbons (Fsp3) is 0.310. The molecule has 0 spiro atoms.